The van der Waals surface area contributed by atoms with Crippen molar-refractivity contribution in [2.75, 3.05) is 24.6 Å². The molecule has 0 unspecified atom stereocenters. The van der Waals surface area contributed by atoms with Gasteiger partial charge in [0.1, 0.15) is 0 Å². The molecule has 2 aromatic rings. The van der Waals surface area contributed by atoms with Gasteiger partial charge in [0.25, 0.3) is 0 Å². The predicted octanol–water partition coefficient (Wildman–Crippen LogP) is 8.22. The van der Waals surface area contributed by atoms with E-state index in [1.54, 1.807) is 10.6 Å². The molecule has 3 heteroatoms. The van der Waals surface area contributed by atoms with Gasteiger partial charge in [0, 0.05) is 19.5 Å². The van der Waals surface area contributed by atoms with E-state index in [4.69, 9.17) is 0 Å². The molecule has 0 aliphatic rings. The summed E-state index contributed by atoms with van der Waals surface area (Å²) < 4.78 is 0. The smallest absolute Gasteiger partial charge is 0 e. The maximum absolute atomic E-state index is 2.50. The summed E-state index contributed by atoms with van der Waals surface area (Å²) in [4.78, 5) is 0. The van der Waals surface area contributed by atoms with Crippen molar-refractivity contribution < 1.29 is 19.5 Å². The van der Waals surface area contributed by atoms with Gasteiger partial charge in [0.05, 0.1) is 0 Å². The van der Waals surface area contributed by atoms with Crippen molar-refractivity contribution >= 4 is 26.5 Å². The van der Waals surface area contributed by atoms with E-state index in [1.165, 1.54) is 76.0 Å². The zero-order chi connectivity index (χ0) is 20.5. The van der Waals surface area contributed by atoms with Crippen molar-refractivity contribution in [2.24, 2.45) is 0 Å². The van der Waals surface area contributed by atoms with Crippen LogP contribution >= 0.6 is 15.8 Å². The van der Waals surface area contributed by atoms with E-state index in [2.05, 4.69) is 45.9 Å². The molecule has 0 saturated heterocycles. The molecule has 0 saturated carbocycles. The fraction of sp³-hybridized carbons (Fsp3) is 0.615. The molecule has 0 atom stereocenters. The molecule has 0 amide bonds. The Morgan fingerprint density at radius 3 is 1.52 bits per heavy atom. The zero-order valence-corrected chi connectivity index (χ0v) is 22.9. The summed E-state index contributed by atoms with van der Waals surface area (Å²) in [6.45, 7) is 9.37. The molecule has 2 rings (SSSR count). The van der Waals surface area contributed by atoms with Crippen molar-refractivity contribution in [1.82, 2.24) is 0 Å². The molecule has 0 spiro atoms. The van der Waals surface area contributed by atoms with E-state index in [1.807, 2.05) is 30.3 Å². The van der Waals surface area contributed by atoms with Crippen LogP contribution < -0.4 is 10.6 Å². The van der Waals surface area contributed by atoms with Crippen LogP contribution in [0.25, 0.3) is 0 Å². The van der Waals surface area contributed by atoms with Crippen LogP contribution in [0.1, 0.15) is 79.1 Å². The Hall–Kier alpha value is 0.183. The Morgan fingerprint density at radius 1 is 0.690 bits per heavy atom. The van der Waals surface area contributed by atoms with Crippen LogP contribution in [0.3, 0.4) is 0 Å². The monoisotopic (exact) mass is 520 g/mol. The van der Waals surface area contributed by atoms with E-state index < -0.39 is 0 Å². The van der Waals surface area contributed by atoms with Crippen LogP contribution in [0.15, 0.2) is 48.5 Å². The molecule has 0 heterocycles. The molecule has 0 N–H and O–H groups in total. The predicted molar refractivity (Wildman–Crippen MR) is 136 cm³/mol. The second-order valence-electron chi connectivity index (χ2n) is 7.65. The molecule has 0 aliphatic heterocycles. The Balaban J connectivity index is 0.00000113. The minimum atomic E-state index is 0. The first kappa shape index (κ1) is 29.2. The molecule has 172 valence electrons. The van der Waals surface area contributed by atoms with Crippen molar-refractivity contribution in [1.29, 1.82) is 0 Å². The molecule has 0 aromatic heterocycles. The molecule has 0 nitrogen and oxygen atoms in total. The number of hydrogen-bond donors (Lipinski definition) is 0. The summed E-state index contributed by atoms with van der Waals surface area (Å²) in [5.74, 6) is 0. The minimum Gasteiger partial charge on any atom is -0.748 e. The fourth-order valence-electron chi connectivity index (χ4n) is 3.36. The molecule has 29 heavy (non-hydrogen) atoms. The van der Waals surface area contributed by atoms with Crippen molar-refractivity contribution in [3.05, 3.63) is 48.5 Å². The number of unbranched alkanes of at least 4 members (excludes halogenated alkanes) is 4. The molecule has 2 aromatic carbocycles. The van der Waals surface area contributed by atoms with Gasteiger partial charge in [0.15, 0.2) is 0 Å². The van der Waals surface area contributed by atoms with E-state index >= 15 is 0 Å². The first-order valence-electron chi connectivity index (χ1n) is 11.7. The Kier molecular flexibility index (Phi) is 20.2. The second kappa shape index (κ2) is 20.1. The van der Waals surface area contributed by atoms with Gasteiger partial charge < -0.3 is 30.3 Å². The topological polar surface area (TPSA) is 0 Å². The summed E-state index contributed by atoms with van der Waals surface area (Å²) in [5.41, 5.74) is 0. The van der Waals surface area contributed by atoms with Crippen LogP contribution in [0, 0.1) is 0 Å². The van der Waals surface area contributed by atoms with Crippen LogP contribution in [0.2, 0.25) is 0 Å². The first-order valence-corrected chi connectivity index (χ1v) is 15.1. The summed E-state index contributed by atoms with van der Waals surface area (Å²) in [6, 6.07) is 17.4. The zero-order valence-electron chi connectivity index (χ0n) is 19.4. The van der Waals surface area contributed by atoms with E-state index in [0.717, 1.165) is 0 Å². The standard InChI is InChI=1S/C21H39P2.C5H5.Ru/c1-5-9-16-22(17-10-6-2)20-14-13-15-21(20)23(18-11-7-3)19-12-8-4;1-2-4-5-3-1;/h13-15H,5-12,16-19H2,1-4H3;1-5H;/q-1;-5;. The summed E-state index contributed by atoms with van der Waals surface area (Å²) in [5, 5.41) is 3.61. The number of hydrogen-bond acceptors (Lipinski definition) is 0. The Morgan fingerprint density at radius 2 is 1.10 bits per heavy atom. The van der Waals surface area contributed by atoms with Crippen LogP contribution in [-0.2, 0) is 19.5 Å². The summed E-state index contributed by atoms with van der Waals surface area (Å²) in [6.07, 6.45) is 16.9. The Labute approximate surface area is 197 Å². The van der Waals surface area contributed by atoms with Gasteiger partial charge in [-0.3, -0.25) is 0 Å². The Bertz CT molecular complexity index is 479. The third kappa shape index (κ3) is 12.6. The minimum absolute atomic E-state index is 0. The molecule has 0 fully saturated rings. The molecular weight excluding hydrogens is 475 g/mol. The second-order valence-corrected chi connectivity index (χ2v) is 12.6. The average molecular weight is 520 g/mol. The molecular formula is C26H44P2Ru-6. The van der Waals surface area contributed by atoms with Gasteiger partial charge in [-0.25, -0.2) is 12.1 Å². The van der Waals surface area contributed by atoms with Gasteiger partial charge in [-0.05, 0) is 37.5 Å². The quantitative estimate of drug-likeness (QED) is 0.134. The maximum Gasteiger partial charge on any atom is 0 e. The molecule has 0 bridgehead atoms. The molecule has 0 aliphatic carbocycles. The van der Waals surface area contributed by atoms with Gasteiger partial charge >= 0.3 is 0 Å². The van der Waals surface area contributed by atoms with Crippen molar-refractivity contribution in [3.8, 4) is 0 Å². The third-order valence-corrected chi connectivity index (χ3v) is 10.9. The summed E-state index contributed by atoms with van der Waals surface area (Å²) >= 11 is 0. The van der Waals surface area contributed by atoms with E-state index in [0.29, 0.717) is 0 Å². The van der Waals surface area contributed by atoms with E-state index in [9.17, 15) is 0 Å². The van der Waals surface area contributed by atoms with Gasteiger partial charge in [0.2, 0.25) is 0 Å². The fourth-order valence-corrected chi connectivity index (χ4v) is 9.80. The van der Waals surface area contributed by atoms with Crippen molar-refractivity contribution in [3.63, 3.8) is 0 Å². The summed E-state index contributed by atoms with van der Waals surface area (Å²) in [7, 11) is 0.205. The number of rotatable bonds is 14. The van der Waals surface area contributed by atoms with Gasteiger partial charge in [-0.1, -0.05) is 66.2 Å². The van der Waals surface area contributed by atoms with Crippen LogP contribution in [0.4, 0.5) is 0 Å². The average Bonchev–Trinajstić information content (AvgIpc) is 3.43. The first-order chi connectivity index (χ1) is 13.8. The molecule has 0 radical (unpaired) electrons. The largest absolute Gasteiger partial charge is 0.748 e. The third-order valence-electron chi connectivity index (χ3n) is 5.13. The van der Waals surface area contributed by atoms with Crippen molar-refractivity contribution in [2.45, 2.75) is 79.1 Å². The van der Waals surface area contributed by atoms with Gasteiger partial charge in [-0.2, -0.15) is 6.07 Å². The van der Waals surface area contributed by atoms with Gasteiger partial charge in [-0.15, -0.1) is 26.5 Å². The van der Waals surface area contributed by atoms with Crippen LogP contribution in [-0.4, -0.2) is 24.6 Å². The normalized spacial score (nSPS) is 10.7. The SMILES string of the molecule is CCCCP(CCCC)c1ccc[c-]1P(CCCC)CCCC.[Ru].[cH-]1[cH-][cH-][cH-][cH-]1. The van der Waals surface area contributed by atoms with Crippen LogP contribution in [0.5, 0.6) is 0 Å². The maximum atomic E-state index is 2.50. The van der Waals surface area contributed by atoms with E-state index in [-0.39, 0.29) is 35.3 Å².